The Bertz CT molecular complexity index is 389. The molecule has 0 spiro atoms. The summed E-state index contributed by atoms with van der Waals surface area (Å²) in [5, 5.41) is 10.7. The molecular weight excluding hydrogens is 312 g/mol. The third-order valence-electron chi connectivity index (χ3n) is 6.07. The fraction of sp³-hybridized carbons (Fsp3) is 0.905. The second-order valence-corrected chi connectivity index (χ2v) is 14.2. The third-order valence-corrected chi connectivity index (χ3v) is 10.7. The molecule has 1 aliphatic rings. The van der Waals surface area contributed by atoms with Gasteiger partial charge < -0.3 is 9.53 Å². The number of hydrogen-bond acceptors (Lipinski definition) is 2. The van der Waals surface area contributed by atoms with Crippen molar-refractivity contribution in [2.75, 3.05) is 0 Å². The van der Waals surface area contributed by atoms with E-state index in [0.29, 0.717) is 12.0 Å². The quantitative estimate of drug-likeness (QED) is 0.400. The molecule has 2 atom stereocenters. The van der Waals surface area contributed by atoms with Gasteiger partial charge in [0.05, 0.1) is 6.10 Å². The molecule has 1 aliphatic carbocycles. The number of aliphatic hydroxyl groups is 1. The molecule has 0 amide bonds. The van der Waals surface area contributed by atoms with Crippen LogP contribution in [-0.4, -0.2) is 25.6 Å². The Morgan fingerprint density at radius 1 is 1.21 bits per heavy atom. The van der Waals surface area contributed by atoms with E-state index >= 15 is 0 Å². The first-order valence-corrected chi connectivity index (χ1v) is 13.0. The Labute approximate surface area is 152 Å². The maximum absolute atomic E-state index is 10.4. The first kappa shape index (κ1) is 21.9. The van der Waals surface area contributed by atoms with Crippen molar-refractivity contribution in [3.63, 3.8) is 0 Å². The zero-order valence-electron chi connectivity index (χ0n) is 17.3. The average molecular weight is 355 g/mol. The van der Waals surface area contributed by atoms with E-state index in [1.807, 2.05) is 0 Å². The lowest BCUT2D eigenvalue weighted by atomic mass is 9.84. The van der Waals surface area contributed by atoms with Crippen LogP contribution in [0, 0.1) is 5.92 Å². The van der Waals surface area contributed by atoms with Gasteiger partial charge in [-0.2, -0.15) is 0 Å². The van der Waals surface area contributed by atoms with Crippen LogP contribution >= 0.6 is 0 Å². The standard InChI is InChI=1S/C21H42O2Si/c1-17(16-20(22)19-14-9-8-10-15-19)12-11-13-18(2)23-24(6,7)21(3,4)5/h16,18-20,22H,8-15H2,1-7H3/b17-16+/t18-,20+/m0/s1. The lowest BCUT2D eigenvalue weighted by Gasteiger charge is -2.38. The summed E-state index contributed by atoms with van der Waals surface area (Å²) in [6, 6.07) is 0. The minimum absolute atomic E-state index is 0.230. The Morgan fingerprint density at radius 3 is 2.33 bits per heavy atom. The van der Waals surface area contributed by atoms with Crippen molar-refractivity contribution in [3.8, 4) is 0 Å². The maximum atomic E-state index is 10.4. The zero-order valence-corrected chi connectivity index (χ0v) is 18.3. The molecular formula is C21H42O2Si. The monoisotopic (exact) mass is 354 g/mol. The van der Waals surface area contributed by atoms with E-state index in [4.69, 9.17) is 4.43 Å². The fourth-order valence-electron chi connectivity index (χ4n) is 3.39. The smallest absolute Gasteiger partial charge is 0.192 e. The van der Waals surface area contributed by atoms with E-state index in [1.165, 1.54) is 37.7 Å². The molecule has 0 aliphatic heterocycles. The second-order valence-electron chi connectivity index (χ2n) is 9.48. The normalized spacial score (nSPS) is 20.9. The largest absolute Gasteiger partial charge is 0.414 e. The highest BCUT2D eigenvalue weighted by Crippen LogP contribution is 2.37. The van der Waals surface area contributed by atoms with Crippen molar-refractivity contribution in [2.24, 2.45) is 5.92 Å². The highest BCUT2D eigenvalue weighted by molar-refractivity contribution is 6.74. The predicted molar refractivity (Wildman–Crippen MR) is 108 cm³/mol. The van der Waals surface area contributed by atoms with Gasteiger partial charge in [-0.3, -0.25) is 0 Å². The lowest BCUT2D eigenvalue weighted by molar-refractivity contribution is 0.124. The first-order valence-electron chi connectivity index (χ1n) is 10.1. The van der Waals surface area contributed by atoms with Crippen molar-refractivity contribution >= 4 is 8.32 Å². The summed E-state index contributed by atoms with van der Waals surface area (Å²) in [5.74, 6) is 0.495. The maximum Gasteiger partial charge on any atom is 0.192 e. The Kier molecular flexibility index (Phi) is 8.71. The molecule has 0 heterocycles. The predicted octanol–water partition coefficient (Wildman–Crippen LogP) is 6.45. The van der Waals surface area contributed by atoms with Crippen LogP contribution in [0.3, 0.4) is 0 Å². The van der Waals surface area contributed by atoms with Crippen LogP contribution in [0.4, 0.5) is 0 Å². The highest BCUT2D eigenvalue weighted by atomic mass is 28.4. The molecule has 0 aromatic heterocycles. The molecule has 1 fully saturated rings. The van der Waals surface area contributed by atoms with E-state index in [2.05, 4.69) is 53.8 Å². The topological polar surface area (TPSA) is 29.5 Å². The summed E-state index contributed by atoms with van der Waals surface area (Å²) in [6.45, 7) is 15.9. The molecule has 0 radical (unpaired) electrons. The first-order chi connectivity index (χ1) is 11.0. The summed E-state index contributed by atoms with van der Waals surface area (Å²) in [4.78, 5) is 0. The molecule has 142 valence electrons. The summed E-state index contributed by atoms with van der Waals surface area (Å²) < 4.78 is 6.43. The Balaban J connectivity index is 2.33. The van der Waals surface area contributed by atoms with E-state index in [9.17, 15) is 5.11 Å². The van der Waals surface area contributed by atoms with Gasteiger partial charge in [0.15, 0.2) is 8.32 Å². The number of rotatable bonds is 8. The van der Waals surface area contributed by atoms with Gasteiger partial charge in [-0.1, -0.05) is 51.7 Å². The molecule has 3 heteroatoms. The molecule has 0 saturated heterocycles. The molecule has 0 aromatic carbocycles. The Morgan fingerprint density at radius 2 is 1.79 bits per heavy atom. The molecule has 0 aromatic rings. The summed E-state index contributed by atoms with van der Waals surface area (Å²) in [5.41, 5.74) is 1.34. The molecule has 2 nitrogen and oxygen atoms in total. The van der Waals surface area contributed by atoms with Crippen LogP contribution in [0.2, 0.25) is 18.1 Å². The SMILES string of the molecule is C/C(=C\[C@@H](O)C1CCCCC1)CCC[C@H](C)O[Si](C)(C)C(C)(C)C. The summed E-state index contributed by atoms with van der Waals surface area (Å²) >= 11 is 0. The van der Waals surface area contributed by atoms with Crippen molar-refractivity contribution in [2.45, 2.75) is 116 Å². The van der Waals surface area contributed by atoms with Crippen LogP contribution in [0.25, 0.3) is 0 Å². The molecule has 1 saturated carbocycles. The minimum Gasteiger partial charge on any atom is -0.414 e. The number of aliphatic hydroxyl groups excluding tert-OH is 1. The van der Waals surface area contributed by atoms with Crippen molar-refractivity contribution in [3.05, 3.63) is 11.6 Å². The number of hydrogen-bond donors (Lipinski definition) is 1. The van der Waals surface area contributed by atoms with E-state index in [1.54, 1.807) is 0 Å². The van der Waals surface area contributed by atoms with Crippen LogP contribution in [0.5, 0.6) is 0 Å². The fourth-order valence-corrected chi connectivity index (χ4v) is 4.87. The van der Waals surface area contributed by atoms with Gasteiger partial charge in [0.25, 0.3) is 0 Å². The van der Waals surface area contributed by atoms with Gasteiger partial charge in [0, 0.05) is 6.10 Å². The van der Waals surface area contributed by atoms with Crippen molar-refractivity contribution in [1.29, 1.82) is 0 Å². The van der Waals surface area contributed by atoms with Crippen LogP contribution in [0.1, 0.15) is 86.0 Å². The number of allylic oxidation sites excluding steroid dienone is 1. The van der Waals surface area contributed by atoms with Crippen LogP contribution in [0.15, 0.2) is 11.6 Å². The van der Waals surface area contributed by atoms with Gasteiger partial charge >= 0.3 is 0 Å². The molecule has 24 heavy (non-hydrogen) atoms. The van der Waals surface area contributed by atoms with Crippen LogP contribution < -0.4 is 0 Å². The van der Waals surface area contributed by atoms with Gasteiger partial charge in [-0.15, -0.1) is 0 Å². The molecule has 0 unspecified atom stereocenters. The summed E-state index contributed by atoms with van der Waals surface area (Å²) in [6.07, 6.45) is 11.9. The third kappa shape index (κ3) is 7.41. The molecule has 1 rings (SSSR count). The lowest BCUT2D eigenvalue weighted by Crippen LogP contribution is -2.43. The minimum atomic E-state index is -1.65. The van der Waals surface area contributed by atoms with Crippen LogP contribution in [-0.2, 0) is 4.43 Å². The van der Waals surface area contributed by atoms with Crippen molar-refractivity contribution < 1.29 is 9.53 Å². The molecule has 1 N–H and O–H groups in total. The van der Waals surface area contributed by atoms with Gasteiger partial charge in [0.1, 0.15) is 0 Å². The highest BCUT2D eigenvalue weighted by Gasteiger charge is 2.38. The average Bonchev–Trinajstić information content (AvgIpc) is 2.46. The van der Waals surface area contributed by atoms with E-state index in [0.717, 1.165) is 19.3 Å². The van der Waals surface area contributed by atoms with E-state index < -0.39 is 8.32 Å². The Hall–Kier alpha value is -0.123. The van der Waals surface area contributed by atoms with Gasteiger partial charge in [0.2, 0.25) is 0 Å². The van der Waals surface area contributed by atoms with Gasteiger partial charge in [-0.25, -0.2) is 0 Å². The summed E-state index contributed by atoms with van der Waals surface area (Å²) in [7, 11) is -1.65. The molecule has 0 bridgehead atoms. The van der Waals surface area contributed by atoms with Crippen molar-refractivity contribution in [1.82, 2.24) is 0 Å². The zero-order chi connectivity index (χ0) is 18.4. The van der Waals surface area contributed by atoms with E-state index in [-0.39, 0.29) is 11.1 Å². The second kappa shape index (κ2) is 9.54. The van der Waals surface area contributed by atoms with Gasteiger partial charge in [-0.05, 0) is 70.0 Å².